The van der Waals surface area contributed by atoms with E-state index in [0.717, 1.165) is 18.2 Å². The Kier molecular flexibility index (Phi) is 7.47. The number of aliphatic hydroxyl groups is 2. The number of H-pyrrole nitrogens is 1. The molecule has 10 heteroatoms. The van der Waals surface area contributed by atoms with Gasteiger partial charge in [0.1, 0.15) is 23.0 Å². The zero-order valence-corrected chi connectivity index (χ0v) is 19.1. The number of aliphatic hydroxyl groups excluding tert-OH is 2. The molecule has 7 nitrogen and oxygen atoms in total. The second kappa shape index (κ2) is 10.7. The van der Waals surface area contributed by atoms with E-state index in [9.17, 15) is 23.8 Å². The summed E-state index contributed by atoms with van der Waals surface area (Å²) in [7, 11) is 0. The van der Waals surface area contributed by atoms with Crippen LogP contribution < -0.4 is 5.32 Å². The number of halogens is 3. The molecule has 0 bridgehead atoms. The van der Waals surface area contributed by atoms with E-state index in [2.05, 4.69) is 20.5 Å². The van der Waals surface area contributed by atoms with E-state index in [-0.39, 0.29) is 28.1 Å². The van der Waals surface area contributed by atoms with Crippen molar-refractivity contribution in [3.8, 4) is 22.5 Å². The maximum Gasteiger partial charge on any atom is 0.252 e. The Hall–Kier alpha value is -4.02. The number of pyridine rings is 1. The van der Waals surface area contributed by atoms with Crippen LogP contribution >= 0.6 is 0 Å². The molecule has 186 valence electrons. The molecule has 0 aliphatic rings. The molecule has 4 aromatic rings. The molecule has 0 radical (unpaired) electrons. The van der Waals surface area contributed by atoms with Crippen LogP contribution in [-0.2, 0) is 0 Å². The second-order valence-corrected chi connectivity index (χ2v) is 8.22. The van der Waals surface area contributed by atoms with Crippen LogP contribution in [0.25, 0.3) is 22.5 Å². The van der Waals surface area contributed by atoms with E-state index in [1.54, 1.807) is 31.3 Å². The SMILES string of the molecule is CC(c1ccccn1)[C@@H](NC(=O)c1cccc(F)c1-c1[nH]nc(-c2ccc(F)cc2)c1F)[C@H](O)CO. The molecule has 0 fully saturated rings. The number of hydrogen-bond acceptors (Lipinski definition) is 5. The molecule has 2 aromatic carbocycles. The van der Waals surface area contributed by atoms with Gasteiger partial charge in [0, 0.05) is 23.4 Å². The third-order valence-corrected chi connectivity index (χ3v) is 5.93. The predicted octanol–water partition coefficient (Wildman–Crippen LogP) is 3.81. The van der Waals surface area contributed by atoms with Gasteiger partial charge in [0.2, 0.25) is 0 Å². The lowest BCUT2D eigenvalue weighted by atomic mass is 9.92. The van der Waals surface area contributed by atoms with Crippen LogP contribution in [0.1, 0.15) is 28.9 Å². The number of rotatable bonds is 8. The second-order valence-electron chi connectivity index (χ2n) is 8.22. The molecular formula is C26H23F3N4O3. The average molecular weight is 496 g/mol. The number of aromatic amines is 1. The minimum Gasteiger partial charge on any atom is -0.394 e. The van der Waals surface area contributed by atoms with Crippen molar-refractivity contribution in [1.82, 2.24) is 20.5 Å². The molecule has 0 aliphatic heterocycles. The summed E-state index contributed by atoms with van der Waals surface area (Å²) in [6, 6.07) is 12.8. The van der Waals surface area contributed by atoms with E-state index >= 15 is 4.39 Å². The number of nitrogens with one attached hydrogen (secondary N) is 2. The van der Waals surface area contributed by atoms with E-state index in [0.29, 0.717) is 5.69 Å². The van der Waals surface area contributed by atoms with Crippen LogP contribution in [0.5, 0.6) is 0 Å². The predicted molar refractivity (Wildman–Crippen MR) is 126 cm³/mol. The van der Waals surface area contributed by atoms with Crippen LogP contribution in [0.15, 0.2) is 66.9 Å². The lowest BCUT2D eigenvalue weighted by molar-refractivity contribution is 0.0504. The Labute approximate surface area is 204 Å². The van der Waals surface area contributed by atoms with Gasteiger partial charge >= 0.3 is 0 Å². The van der Waals surface area contributed by atoms with Gasteiger partial charge in [0.25, 0.3) is 5.91 Å². The van der Waals surface area contributed by atoms with Crippen LogP contribution in [0.3, 0.4) is 0 Å². The smallest absolute Gasteiger partial charge is 0.252 e. The standard InChI is InChI=1S/C26H23F3N4O3/c1-14(19-7-2-3-12-30-19)23(20(35)13-34)31-26(36)17-5-4-6-18(28)21(17)25-22(29)24(32-33-25)15-8-10-16(27)11-9-15/h2-12,14,20,23,34-35H,13H2,1H3,(H,31,36)(H,32,33)/t14?,20-,23-/m1/s1. The zero-order valence-electron chi connectivity index (χ0n) is 19.1. The van der Waals surface area contributed by atoms with Gasteiger partial charge < -0.3 is 15.5 Å². The first-order valence-corrected chi connectivity index (χ1v) is 11.1. The molecular weight excluding hydrogens is 473 g/mol. The summed E-state index contributed by atoms with van der Waals surface area (Å²) in [4.78, 5) is 17.5. The number of benzene rings is 2. The highest BCUT2D eigenvalue weighted by atomic mass is 19.1. The van der Waals surface area contributed by atoms with Gasteiger partial charge in [-0.1, -0.05) is 19.1 Å². The Morgan fingerprint density at radius 2 is 1.81 bits per heavy atom. The van der Waals surface area contributed by atoms with Crippen molar-refractivity contribution in [2.45, 2.75) is 25.0 Å². The third kappa shape index (κ3) is 5.00. The van der Waals surface area contributed by atoms with Gasteiger partial charge in [-0.15, -0.1) is 0 Å². The van der Waals surface area contributed by atoms with Crippen molar-refractivity contribution in [2.75, 3.05) is 6.61 Å². The highest BCUT2D eigenvalue weighted by molar-refractivity contribution is 6.01. The fourth-order valence-electron chi connectivity index (χ4n) is 3.99. The maximum atomic E-state index is 15.4. The Morgan fingerprint density at radius 1 is 1.06 bits per heavy atom. The fraction of sp³-hybridized carbons (Fsp3) is 0.192. The summed E-state index contributed by atoms with van der Waals surface area (Å²) < 4.78 is 43.6. The number of carbonyl (C=O) groups is 1. The van der Waals surface area contributed by atoms with Gasteiger partial charge in [-0.3, -0.25) is 14.9 Å². The minimum atomic E-state index is -1.35. The first-order valence-electron chi connectivity index (χ1n) is 11.1. The van der Waals surface area contributed by atoms with Crippen LogP contribution in [0.4, 0.5) is 13.2 Å². The molecule has 2 aromatic heterocycles. The van der Waals surface area contributed by atoms with Crippen LogP contribution in [-0.4, -0.2) is 50.1 Å². The molecule has 0 spiro atoms. The summed E-state index contributed by atoms with van der Waals surface area (Å²) in [5.74, 6) is -3.64. The van der Waals surface area contributed by atoms with Crippen LogP contribution in [0, 0.1) is 17.5 Å². The average Bonchev–Trinajstić information content (AvgIpc) is 3.27. The molecule has 2 heterocycles. The van der Waals surface area contributed by atoms with Crippen molar-refractivity contribution in [3.05, 3.63) is 95.6 Å². The quantitative estimate of drug-likeness (QED) is 0.297. The van der Waals surface area contributed by atoms with Gasteiger partial charge in [-0.25, -0.2) is 13.2 Å². The monoisotopic (exact) mass is 496 g/mol. The summed E-state index contributed by atoms with van der Waals surface area (Å²) in [5, 5.41) is 28.9. The Balaban J connectivity index is 1.70. The zero-order chi connectivity index (χ0) is 25.8. The minimum absolute atomic E-state index is 0.169. The molecule has 0 aliphatic carbocycles. The van der Waals surface area contributed by atoms with E-state index in [1.807, 2.05) is 0 Å². The summed E-state index contributed by atoms with van der Waals surface area (Å²) >= 11 is 0. The third-order valence-electron chi connectivity index (χ3n) is 5.93. The Morgan fingerprint density at radius 3 is 2.47 bits per heavy atom. The lowest BCUT2D eigenvalue weighted by Crippen LogP contribution is -2.48. The van der Waals surface area contributed by atoms with Crippen molar-refractivity contribution in [1.29, 1.82) is 0 Å². The largest absolute Gasteiger partial charge is 0.394 e. The molecule has 36 heavy (non-hydrogen) atoms. The van der Waals surface area contributed by atoms with Crippen molar-refractivity contribution in [3.63, 3.8) is 0 Å². The van der Waals surface area contributed by atoms with E-state index in [1.165, 1.54) is 24.3 Å². The lowest BCUT2D eigenvalue weighted by Gasteiger charge is -2.28. The molecule has 3 atom stereocenters. The highest BCUT2D eigenvalue weighted by Crippen LogP contribution is 2.33. The molecule has 0 saturated carbocycles. The normalized spacial score (nSPS) is 13.7. The first kappa shape index (κ1) is 25.1. The molecule has 4 rings (SSSR count). The van der Waals surface area contributed by atoms with Crippen LogP contribution in [0.2, 0.25) is 0 Å². The summed E-state index contributed by atoms with van der Waals surface area (Å²) in [6.45, 7) is 1.07. The molecule has 4 N–H and O–H groups in total. The van der Waals surface area contributed by atoms with Gasteiger partial charge in [-0.05, 0) is 48.5 Å². The van der Waals surface area contributed by atoms with E-state index in [4.69, 9.17) is 0 Å². The van der Waals surface area contributed by atoms with Crippen molar-refractivity contribution in [2.24, 2.45) is 0 Å². The highest BCUT2D eigenvalue weighted by Gasteiger charge is 2.31. The number of carbonyl (C=O) groups excluding carboxylic acids is 1. The summed E-state index contributed by atoms with van der Waals surface area (Å²) in [6.07, 6.45) is 0.206. The summed E-state index contributed by atoms with van der Waals surface area (Å²) in [5.41, 5.74) is -0.304. The van der Waals surface area contributed by atoms with Gasteiger partial charge in [0.05, 0.1) is 29.9 Å². The maximum absolute atomic E-state index is 15.4. The van der Waals surface area contributed by atoms with Crippen molar-refractivity contribution >= 4 is 5.91 Å². The number of amides is 1. The van der Waals surface area contributed by atoms with Gasteiger partial charge in [-0.2, -0.15) is 5.10 Å². The number of nitrogens with zero attached hydrogens (tertiary/aromatic N) is 2. The van der Waals surface area contributed by atoms with Gasteiger partial charge in [0.15, 0.2) is 5.82 Å². The number of aromatic nitrogens is 3. The number of hydrogen-bond donors (Lipinski definition) is 4. The molecule has 1 amide bonds. The first-order chi connectivity index (χ1) is 17.3. The Bertz CT molecular complexity index is 1350. The van der Waals surface area contributed by atoms with Crippen molar-refractivity contribution < 1.29 is 28.2 Å². The fourth-order valence-corrected chi connectivity index (χ4v) is 3.99. The molecule has 1 unspecified atom stereocenters. The molecule has 0 saturated heterocycles. The van der Waals surface area contributed by atoms with E-state index < -0.39 is 48.0 Å². The topological polar surface area (TPSA) is 111 Å².